The van der Waals surface area contributed by atoms with Gasteiger partial charge in [0.05, 0.1) is 0 Å². The molecule has 0 aliphatic carbocycles. The van der Waals surface area contributed by atoms with E-state index in [2.05, 4.69) is 25.2 Å². The molecule has 1 aromatic carbocycles. The van der Waals surface area contributed by atoms with Crippen LogP contribution in [0.3, 0.4) is 0 Å². The minimum atomic E-state index is -0.00170. The number of carbonyl (C=O) groups is 1. The Balaban J connectivity index is 2.17. The molecule has 1 aliphatic rings. The van der Waals surface area contributed by atoms with Gasteiger partial charge in [0.2, 0.25) is 5.91 Å². The molecular formula is C13H17NO2. The Kier molecular flexibility index (Phi) is 2.86. The topological polar surface area (TPSA) is 38.3 Å². The van der Waals surface area contributed by atoms with Gasteiger partial charge in [-0.25, -0.2) is 0 Å². The number of nitrogens with one attached hydrogen (secondary N) is 1. The first-order chi connectivity index (χ1) is 7.58. The Morgan fingerprint density at radius 2 is 2.19 bits per heavy atom. The molecule has 3 nitrogen and oxygen atoms in total. The standard InChI is InChI=1S/C13H17NO2/c1-8-9(2)16-13-5-4-11(6-12(8)13)7-14-10(3)15/h4-6,8-9H,7H2,1-3H3,(H,14,15). The highest BCUT2D eigenvalue weighted by Crippen LogP contribution is 2.38. The van der Waals surface area contributed by atoms with Crippen molar-refractivity contribution in [1.82, 2.24) is 5.32 Å². The molecular weight excluding hydrogens is 202 g/mol. The highest BCUT2D eigenvalue weighted by atomic mass is 16.5. The summed E-state index contributed by atoms with van der Waals surface area (Å²) in [6.45, 7) is 6.36. The van der Waals surface area contributed by atoms with Crippen molar-refractivity contribution < 1.29 is 9.53 Å². The van der Waals surface area contributed by atoms with Gasteiger partial charge in [-0.15, -0.1) is 0 Å². The fraction of sp³-hybridized carbons (Fsp3) is 0.462. The molecule has 16 heavy (non-hydrogen) atoms. The molecule has 0 saturated heterocycles. The van der Waals surface area contributed by atoms with Gasteiger partial charge in [0.25, 0.3) is 0 Å². The summed E-state index contributed by atoms with van der Waals surface area (Å²) in [5.41, 5.74) is 2.37. The van der Waals surface area contributed by atoms with Crippen molar-refractivity contribution in [2.24, 2.45) is 0 Å². The normalized spacial score (nSPS) is 22.4. The molecule has 2 unspecified atom stereocenters. The van der Waals surface area contributed by atoms with Crippen LogP contribution >= 0.6 is 0 Å². The fourth-order valence-electron chi connectivity index (χ4n) is 1.95. The zero-order chi connectivity index (χ0) is 11.7. The zero-order valence-corrected chi connectivity index (χ0v) is 9.91. The molecule has 0 spiro atoms. The summed E-state index contributed by atoms with van der Waals surface area (Å²) in [5.74, 6) is 1.40. The second-order valence-corrected chi connectivity index (χ2v) is 4.39. The molecule has 3 heteroatoms. The van der Waals surface area contributed by atoms with E-state index in [-0.39, 0.29) is 12.0 Å². The van der Waals surface area contributed by atoms with E-state index in [9.17, 15) is 4.79 Å². The third kappa shape index (κ3) is 2.03. The van der Waals surface area contributed by atoms with Crippen LogP contribution in [-0.4, -0.2) is 12.0 Å². The van der Waals surface area contributed by atoms with Crippen molar-refractivity contribution in [1.29, 1.82) is 0 Å². The number of rotatable bonds is 2. The molecule has 2 rings (SSSR count). The van der Waals surface area contributed by atoms with Gasteiger partial charge in [0, 0.05) is 24.9 Å². The summed E-state index contributed by atoms with van der Waals surface area (Å²) in [6.07, 6.45) is 0.242. The van der Waals surface area contributed by atoms with E-state index < -0.39 is 0 Å². The second-order valence-electron chi connectivity index (χ2n) is 4.39. The van der Waals surface area contributed by atoms with Crippen molar-refractivity contribution in [3.63, 3.8) is 0 Å². The largest absolute Gasteiger partial charge is 0.490 e. The van der Waals surface area contributed by atoms with Crippen LogP contribution in [0, 0.1) is 0 Å². The Labute approximate surface area is 95.8 Å². The SMILES string of the molecule is CC(=O)NCc1ccc2c(c1)C(C)C(C)O2. The van der Waals surface area contributed by atoms with Gasteiger partial charge >= 0.3 is 0 Å². The average molecular weight is 219 g/mol. The predicted molar refractivity (Wildman–Crippen MR) is 62.5 cm³/mol. The molecule has 1 aliphatic heterocycles. The van der Waals surface area contributed by atoms with Crippen molar-refractivity contribution >= 4 is 5.91 Å². The van der Waals surface area contributed by atoms with Crippen molar-refractivity contribution in [3.8, 4) is 5.75 Å². The number of amides is 1. The van der Waals surface area contributed by atoms with E-state index in [1.54, 1.807) is 0 Å². The molecule has 0 aromatic heterocycles. The van der Waals surface area contributed by atoms with E-state index in [1.165, 1.54) is 12.5 Å². The first-order valence-electron chi connectivity index (χ1n) is 5.62. The van der Waals surface area contributed by atoms with Gasteiger partial charge < -0.3 is 10.1 Å². The van der Waals surface area contributed by atoms with Gasteiger partial charge in [-0.3, -0.25) is 4.79 Å². The van der Waals surface area contributed by atoms with E-state index in [1.807, 2.05) is 12.1 Å². The molecule has 2 atom stereocenters. The van der Waals surface area contributed by atoms with E-state index in [0.29, 0.717) is 12.5 Å². The average Bonchev–Trinajstić information content (AvgIpc) is 2.52. The number of hydrogen-bond donors (Lipinski definition) is 1. The molecule has 86 valence electrons. The van der Waals surface area contributed by atoms with Gasteiger partial charge in [0.15, 0.2) is 0 Å². The van der Waals surface area contributed by atoms with Crippen LogP contribution < -0.4 is 10.1 Å². The lowest BCUT2D eigenvalue weighted by atomic mass is 9.97. The predicted octanol–water partition coefficient (Wildman–Crippen LogP) is 2.21. The number of benzene rings is 1. The van der Waals surface area contributed by atoms with Crippen LogP contribution in [0.25, 0.3) is 0 Å². The maximum Gasteiger partial charge on any atom is 0.217 e. The van der Waals surface area contributed by atoms with E-state index in [4.69, 9.17) is 4.74 Å². The Bertz CT molecular complexity index is 414. The maximum absolute atomic E-state index is 10.8. The van der Waals surface area contributed by atoms with Crippen molar-refractivity contribution in [3.05, 3.63) is 29.3 Å². The molecule has 0 bridgehead atoms. The molecule has 0 radical (unpaired) electrons. The number of fused-ring (bicyclic) bond motifs is 1. The number of hydrogen-bond acceptors (Lipinski definition) is 2. The van der Waals surface area contributed by atoms with E-state index in [0.717, 1.165) is 11.3 Å². The summed E-state index contributed by atoms with van der Waals surface area (Å²) >= 11 is 0. The van der Waals surface area contributed by atoms with Crippen molar-refractivity contribution in [2.75, 3.05) is 0 Å². The summed E-state index contributed by atoms with van der Waals surface area (Å²) in [7, 11) is 0. The molecule has 1 amide bonds. The minimum absolute atomic E-state index is 0.00170. The lowest BCUT2D eigenvalue weighted by Gasteiger charge is -2.07. The number of ether oxygens (including phenoxy) is 1. The van der Waals surface area contributed by atoms with Crippen LogP contribution in [0.1, 0.15) is 37.8 Å². The quantitative estimate of drug-likeness (QED) is 0.828. The lowest BCUT2D eigenvalue weighted by molar-refractivity contribution is -0.119. The summed E-state index contributed by atoms with van der Waals surface area (Å²) in [4.78, 5) is 10.8. The molecule has 0 fully saturated rings. The lowest BCUT2D eigenvalue weighted by Crippen LogP contribution is -2.18. The van der Waals surface area contributed by atoms with Crippen LogP contribution in [-0.2, 0) is 11.3 Å². The highest BCUT2D eigenvalue weighted by molar-refractivity contribution is 5.72. The van der Waals surface area contributed by atoms with Crippen LogP contribution in [0.15, 0.2) is 18.2 Å². The molecule has 1 heterocycles. The molecule has 1 aromatic rings. The van der Waals surface area contributed by atoms with Crippen LogP contribution in [0.5, 0.6) is 5.75 Å². The minimum Gasteiger partial charge on any atom is -0.490 e. The van der Waals surface area contributed by atoms with Gasteiger partial charge in [-0.2, -0.15) is 0 Å². The number of carbonyl (C=O) groups excluding carboxylic acids is 1. The summed E-state index contributed by atoms with van der Waals surface area (Å²) in [5, 5.41) is 2.80. The monoisotopic (exact) mass is 219 g/mol. The van der Waals surface area contributed by atoms with Crippen LogP contribution in [0.2, 0.25) is 0 Å². The fourth-order valence-corrected chi connectivity index (χ4v) is 1.95. The Morgan fingerprint density at radius 3 is 2.88 bits per heavy atom. The van der Waals surface area contributed by atoms with Crippen molar-refractivity contribution in [2.45, 2.75) is 39.3 Å². The first kappa shape index (κ1) is 11.0. The van der Waals surface area contributed by atoms with Gasteiger partial charge in [-0.05, 0) is 24.6 Å². The highest BCUT2D eigenvalue weighted by Gasteiger charge is 2.27. The molecule has 1 N–H and O–H groups in total. The summed E-state index contributed by atoms with van der Waals surface area (Å²) in [6, 6.07) is 6.12. The smallest absolute Gasteiger partial charge is 0.217 e. The Morgan fingerprint density at radius 1 is 1.44 bits per heavy atom. The van der Waals surface area contributed by atoms with Gasteiger partial charge in [0.1, 0.15) is 11.9 Å². The second kappa shape index (κ2) is 4.16. The molecule has 0 saturated carbocycles. The zero-order valence-electron chi connectivity index (χ0n) is 9.91. The summed E-state index contributed by atoms with van der Waals surface area (Å²) < 4.78 is 5.71. The first-order valence-corrected chi connectivity index (χ1v) is 5.62. The third-order valence-electron chi connectivity index (χ3n) is 3.12. The maximum atomic E-state index is 10.8. The van der Waals surface area contributed by atoms with E-state index >= 15 is 0 Å². The van der Waals surface area contributed by atoms with Gasteiger partial charge in [-0.1, -0.05) is 13.0 Å². The third-order valence-corrected chi connectivity index (χ3v) is 3.12. The van der Waals surface area contributed by atoms with Crippen LogP contribution in [0.4, 0.5) is 0 Å². The Hall–Kier alpha value is -1.51.